The van der Waals surface area contributed by atoms with E-state index in [-0.39, 0.29) is 44.9 Å². The van der Waals surface area contributed by atoms with Crippen molar-refractivity contribution in [3.63, 3.8) is 0 Å². The average molecular weight is 559 g/mol. The van der Waals surface area contributed by atoms with E-state index >= 15 is 0 Å². The molecule has 0 aliphatic heterocycles. The first kappa shape index (κ1) is 27.3. The molecule has 0 bridgehead atoms. The van der Waals surface area contributed by atoms with Crippen LogP contribution < -0.4 is 10.4 Å². The van der Waals surface area contributed by atoms with Crippen LogP contribution in [0.25, 0.3) is 21.9 Å². The van der Waals surface area contributed by atoms with Crippen LogP contribution in [0.15, 0.2) is 50.0 Å². The molecule has 41 heavy (non-hydrogen) atoms. The lowest BCUT2D eigenvalue weighted by atomic mass is 9.80. The number of aryl methyl sites for hydroxylation is 2. The Bertz CT molecular complexity index is 1900. The Hall–Kier alpha value is -5.25. The van der Waals surface area contributed by atoms with Crippen molar-refractivity contribution in [2.45, 2.75) is 33.6 Å². The van der Waals surface area contributed by atoms with E-state index in [1.807, 2.05) is 19.9 Å². The van der Waals surface area contributed by atoms with Crippen molar-refractivity contribution in [3.05, 3.63) is 86.0 Å². The Morgan fingerprint density at radius 3 is 1.73 bits per heavy atom. The third kappa shape index (κ3) is 4.24. The monoisotopic (exact) mass is 558 g/mol. The number of aromatic hydroxyl groups is 4. The standard InChI is InChI=1S/C16H12O6.C15H14O4/c1-5-3-7(17)9-11(13(5)19)15(21)10-8(18)4-6(2)14(20)12(10)16(9)22;1-8(2)14-15(17-3)10-6-9-4-5-13(16)18-11(9)7-12(10)19-14/h3-4,17-20H,1-2H3;4-8H,1-3H3. The van der Waals surface area contributed by atoms with Gasteiger partial charge in [-0.15, -0.1) is 0 Å². The highest BCUT2D eigenvalue weighted by molar-refractivity contribution is 6.32. The van der Waals surface area contributed by atoms with Gasteiger partial charge < -0.3 is 34.0 Å². The number of phenols is 4. The molecule has 2 heterocycles. The van der Waals surface area contributed by atoms with Gasteiger partial charge in [0.1, 0.15) is 39.9 Å². The van der Waals surface area contributed by atoms with E-state index in [4.69, 9.17) is 13.6 Å². The van der Waals surface area contributed by atoms with Crippen LogP contribution in [0.3, 0.4) is 0 Å². The van der Waals surface area contributed by atoms with Crippen molar-refractivity contribution in [2.75, 3.05) is 7.11 Å². The van der Waals surface area contributed by atoms with Crippen LogP contribution in [0.5, 0.6) is 28.7 Å². The molecule has 0 amide bonds. The molecule has 0 saturated heterocycles. The van der Waals surface area contributed by atoms with Gasteiger partial charge in [0.25, 0.3) is 0 Å². The molecule has 0 unspecified atom stereocenters. The van der Waals surface area contributed by atoms with Crippen LogP contribution >= 0.6 is 0 Å². The van der Waals surface area contributed by atoms with Crippen molar-refractivity contribution in [3.8, 4) is 28.7 Å². The second kappa shape index (κ2) is 9.74. The fraction of sp³-hybridized carbons (Fsp3) is 0.194. The molecular weight excluding hydrogens is 532 g/mol. The zero-order valence-corrected chi connectivity index (χ0v) is 22.8. The number of hydrogen-bond acceptors (Lipinski definition) is 10. The van der Waals surface area contributed by atoms with Gasteiger partial charge in [0.2, 0.25) is 11.6 Å². The van der Waals surface area contributed by atoms with Crippen molar-refractivity contribution >= 4 is 33.5 Å². The number of carbonyl (C=O) groups excluding carboxylic acids is 2. The van der Waals surface area contributed by atoms with Gasteiger partial charge in [-0.2, -0.15) is 0 Å². The number of hydrogen-bond donors (Lipinski definition) is 4. The quantitative estimate of drug-likeness (QED) is 0.156. The van der Waals surface area contributed by atoms with Gasteiger partial charge in [0.05, 0.1) is 34.7 Å². The first-order chi connectivity index (χ1) is 19.3. The van der Waals surface area contributed by atoms with Crippen LogP contribution in [-0.4, -0.2) is 39.1 Å². The van der Waals surface area contributed by atoms with E-state index in [1.165, 1.54) is 19.9 Å². The third-order valence-electron chi connectivity index (χ3n) is 6.99. The number of rotatable bonds is 2. The number of ketones is 2. The number of benzene rings is 3. The minimum absolute atomic E-state index is 0.219. The van der Waals surface area contributed by atoms with Crippen LogP contribution in [0.2, 0.25) is 0 Å². The molecule has 0 radical (unpaired) electrons. The molecule has 3 aromatic carbocycles. The third-order valence-corrected chi connectivity index (χ3v) is 6.99. The summed E-state index contributed by atoms with van der Waals surface area (Å²) in [6.45, 7) is 7.02. The molecule has 2 aromatic heterocycles. The predicted molar refractivity (Wildman–Crippen MR) is 149 cm³/mol. The Balaban J connectivity index is 0.000000166. The number of fused-ring (bicyclic) bond motifs is 4. The normalized spacial score (nSPS) is 12.3. The van der Waals surface area contributed by atoms with E-state index in [9.17, 15) is 34.8 Å². The number of furan rings is 1. The highest BCUT2D eigenvalue weighted by Gasteiger charge is 2.39. The molecular formula is C31H26O10. The summed E-state index contributed by atoms with van der Waals surface area (Å²) in [5.74, 6) is -1.68. The fourth-order valence-corrected chi connectivity index (χ4v) is 4.98. The SMILES string of the molecule is COc1c(C(C)C)oc2cc3oc(=O)ccc3cc12.Cc1cc(O)c2c(c1O)C(=O)c1c(O)cc(C)c(O)c1C2=O. The molecule has 0 saturated carbocycles. The smallest absolute Gasteiger partial charge is 0.336 e. The second-order valence-electron chi connectivity index (χ2n) is 10.1. The molecule has 0 atom stereocenters. The van der Waals surface area contributed by atoms with Crippen LogP contribution in [-0.2, 0) is 0 Å². The van der Waals surface area contributed by atoms with E-state index in [0.717, 1.165) is 34.4 Å². The zero-order valence-electron chi connectivity index (χ0n) is 22.8. The lowest BCUT2D eigenvalue weighted by molar-refractivity contribution is 0.0969. The summed E-state index contributed by atoms with van der Waals surface area (Å²) in [7, 11) is 1.63. The number of carbonyl (C=O) groups is 2. The molecule has 0 fully saturated rings. The van der Waals surface area contributed by atoms with E-state index in [0.29, 0.717) is 11.2 Å². The van der Waals surface area contributed by atoms with E-state index in [1.54, 1.807) is 19.2 Å². The van der Waals surface area contributed by atoms with Crippen molar-refractivity contribution in [1.82, 2.24) is 0 Å². The Morgan fingerprint density at radius 2 is 1.24 bits per heavy atom. The summed E-state index contributed by atoms with van der Waals surface area (Å²) in [4.78, 5) is 36.4. The Morgan fingerprint density at radius 1 is 0.707 bits per heavy atom. The summed E-state index contributed by atoms with van der Waals surface area (Å²) in [6, 6.07) is 9.13. The van der Waals surface area contributed by atoms with E-state index in [2.05, 4.69) is 0 Å². The summed E-state index contributed by atoms with van der Waals surface area (Å²) in [6.07, 6.45) is 0. The van der Waals surface area contributed by atoms with Gasteiger partial charge >= 0.3 is 5.63 Å². The molecule has 210 valence electrons. The first-order valence-corrected chi connectivity index (χ1v) is 12.6. The molecule has 10 nitrogen and oxygen atoms in total. The van der Waals surface area contributed by atoms with Gasteiger partial charge in [0, 0.05) is 23.4 Å². The average Bonchev–Trinajstić information content (AvgIpc) is 3.28. The highest BCUT2D eigenvalue weighted by Crippen LogP contribution is 2.45. The second-order valence-corrected chi connectivity index (χ2v) is 10.1. The molecule has 1 aliphatic carbocycles. The van der Waals surface area contributed by atoms with Crippen LogP contribution in [0.1, 0.15) is 68.5 Å². The highest BCUT2D eigenvalue weighted by atomic mass is 16.5. The number of ether oxygens (including phenoxy) is 1. The molecule has 10 heteroatoms. The van der Waals surface area contributed by atoms with Gasteiger partial charge in [0.15, 0.2) is 5.75 Å². The number of phenolic OH excluding ortho intramolecular Hbond substituents is 4. The minimum atomic E-state index is -0.825. The molecule has 6 rings (SSSR count). The maximum absolute atomic E-state index is 12.6. The number of methoxy groups -OCH3 is 1. The molecule has 4 N–H and O–H groups in total. The van der Waals surface area contributed by atoms with Gasteiger partial charge in [-0.3, -0.25) is 9.59 Å². The van der Waals surface area contributed by atoms with Gasteiger partial charge in [-0.05, 0) is 49.2 Å². The maximum Gasteiger partial charge on any atom is 0.336 e. The van der Waals surface area contributed by atoms with Crippen LogP contribution in [0.4, 0.5) is 0 Å². The summed E-state index contributed by atoms with van der Waals surface area (Å²) >= 11 is 0. The fourth-order valence-electron chi connectivity index (χ4n) is 4.98. The lowest BCUT2D eigenvalue weighted by Gasteiger charge is -2.22. The molecule has 0 spiro atoms. The Kier molecular flexibility index (Phi) is 6.49. The molecule has 1 aliphatic rings. The summed E-state index contributed by atoms with van der Waals surface area (Å²) in [5, 5.41) is 41.8. The van der Waals surface area contributed by atoms with Gasteiger partial charge in [-0.1, -0.05) is 13.8 Å². The maximum atomic E-state index is 12.6. The largest absolute Gasteiger partial charge is 0.507 e. The minimum Gasteiger partial charge on any atom is -0.507 e. The first-order valence-electron chi connectivity index (χ1n) is 12.6. The summed E-state index contributed by atoms with van der Waals surface area (Å²) in [5.41, 5.74) is -0.221. The topological polar surface area (TPSA) is 168 Å². The zero-order chi connectivity index (χ0) is 29.9. The molecule has 5 aromatic rings. The van der Waals surface area contributed by atoms with Crippen molar-refractivity contribution in [1.29, 1.82) is 0 Å². The lowest BCUT2D eigenvalue weighted by Crippen LogP contribution is -2.22. The predicted octanol–water partition coefficient (Wildman–Crippen LogP) is 5.57. The summed E-state index contributed by atoms with van der Waals surface area (Å²) < 4.78 is 16.4. The Labute approximate surface area is 232 Å². The van der Waals surface area contributed by atoms with Crippen LogP contribution in [0, 0.1) is 13.8 Å². The van der Waals surface area contributed by atoms with Crippen molar-refractivity contribution in [2.24, 2.45) is 0 Å². The van der Waals surface area contributed by atoms with Gasteiger partial charge in [-0.25, -0.2) is 4.79 Å². The van der Waals surface area contributed by atoms with E-state index < -0.39 is 34.6 Å². The van der Waals surface area contributed by atoms with Crippen molar-refractivity contribution < 1.29 is 43.6 Å².